The predicted octanol–water partition coefficient (Wildman–Crippen LogP) is 3.55. The number of nitrogens with zero attached hydrogens (tertiary/aromatic N) is 4. The molecule has 0 unspecified atom stereocenters. The summed E-state index contributed by atoms with van der Waals surface area (Å²) in [6.07, 6.45) is 11.4. The van der Waals surface area contributed by atoms with Gasteiger partial charge in [-0.3, -0.25) is 14.7 Å². The molecule has 6 nitrogen and oxygen atoms in total. The lowest BCUT2D eigenvalue weighted by Crippen LogP contribution is -2.35. The summed E-state index contributed by atoms with van der Waals surface area (Å²) >= 11 is 0. The van der Waals surface area contributed by atoms with Crippen LogP contribution in [0, 0.1) is 0 Å². The number of pyridine rings is 1. The highest BCUT2D eigenvalue weighted by atomic mass is 16.1. The first-order valence-electron chi connectivity index (χ1n) is 10.5. The molecule has 1 aliphatic rings. The number of hydrogen-bond acceptors (Lipinski definition) is 4. The fraction of sp³-hybridized carbons (Fsp3) is 0.292. The number of carbonyl (C=O) groups is 1. The first-order valence-corrected chi connectivity index (χ1v) is 10.5. The highest BCUT2D eigenvalue weighted by Crippen LogP contribution is 2.26. The van der Waals surface area contributed by atoms with E-state index in [-0.39, 0.29) is 5.91 Å². The molecule has 30 heavy (non-hydrogen) atoms. The van der Waals surface area contributed by atoms with Crippen LogP contribution in [0.3, 0.4) is 0 Å². The van der Waals surface area contributed by atoms with Crippen LogP contribution in [0.15, 0.2) is 67.1 Å². The van der Waals surface area contributed by atoms with Crippen molar-refractivity contribution in [3.63, 3.8) is 0 Å². The lowest BCUT2D eigenvalue weighted by molar-refractivity contribution is -0.116. The van der Waals surface area contributed by atoms with Crippen LogP contribution in [0.1, 0.15) is 25.3 Å². The van der Waals surface area contributed by atoms with Crippen molar-refractivity contribution < 1.29 is 4.79 Å². The van der Waals surface area contributed by atoms with Crippen molar-refractivity contribution in [1.82, 2.24) is 25.0 Å². The minimum absolute atomic E-state index is 0.0913. The summed E-state index contributed by atoms with van der Waals surface area (Å²) in [6, 6.07) is 14.5. The Labute approximate surface area is 177 Å². The van der Waals surface area contributed by atoms with Gasteiger partial charge in [0.15, 0.2) is 0 Å². The van der Waals surface area contributed by atoms with Gasteiger partial charge in [0.2, 0.25) is 5.91 Å². The molecule has 2 heterocycles. The van der Waals surface area contributed by atoms with Gasteiger partial charge in [0.05, 0.1) is 5.69 Å². The summed E-state index contributed by atoms with van der Waals surface area (Å²) in [7, 11) is 0. The van der Waals surface area contributed by atoms with Gasteiger partial charge in [-0.1, -0.05) is 25.1 Å². The molecule has 1 aromatic carbocycles. The number of nitrogens with one attached hydrogen (secondary N) is 1. The second kappa shape index (κ2) is 9.50. The van der Waals surface area contributed by atoms with Crippen LogP contribution in [0.25, 0.3) is 23.0 Å². The first-order chi connectivity index (χ1) is 14.7. The van der Waals surface area contributed by atoms with E-state index in [1.54, 1.807) is 18.5 Å². The quantitative estimate of drug-likeness (QED) is 0.557. The van der Waals surface area contributed by atoms with E-state index in [1.165, 1.54) is 12.8 Å². The predicted molar refractivity (Wildman–Crippen MR) is 119 cm³/mol. The second-order valence-electron chi connectivity index (χ2n) is 7.44. The van der Waals surface area contributed by atoms with Crippen molar-refractivity contribution in [2.45, 2.75) is 25.8 Å². The van der Waals surface area contributed by atoms with E-state index in [9.17, 15) is 4.79 Å². The number of likely N-dealkylation sites (N-methyl/N-ethyl adjacent to an activating group) is 1. The van der Waals surface area contributed by atoms with Gasteiger partial charge in [-0.2, -0.15) is 5.10 Å². The van der Waals surface area contributed by atoms with E-state index in [1.807, 2.05) is 59.4 Å². The summed E-state index contributed by atoms with van der Waals surface area (Å²) in [4.78, 5) is 19.0. The Morgan fingerprint density at radius 1 is 1.23 bits per heavy atom. The van der Waals surface area contributed by atoms with Crippen molar-refractivity contribution in [3.05, 3.63) is 72.7 Å². The van der Waals surface area contributed by atoms with E-state index >= 15 is 0 Å². The molecular formula is C24H27N5O. The van der Waals surface area contributed by atoms with Crippen LogP contribution in [0.4, 0.5) is 0 Å². The van der Waals surface area contributed by atoms with Gasteiger partial charge in [0.1, 0.15) is 5.69 Å². The van der Waals surface area contributed by atoms with E-state index in [2.05, 4.69) is 22.1 Å². The Bertz CT molecular complexity index is 993. The molecule has 1 aliphatic carbocycles. The molecule has 4 rings (SSSR count). The van der Waals surface area contributed by atoms with E-state index in [0.717, 1.165) is 35.6 Å². The third kappa shape index (κ3) is 5.02. The molecule has 0 spiro atoms. The molecule has 0 bridgehead atoms. The van der Waals surface area contributed by atoms with Crippen molar-refractivity contribution in [3.8, 4) is 16.9 Å². The maximum absolute atomic E-state index is 12.3. The Kier molecular flexibility index (Phi) is 6.35. The van der Waals surface area contributed by atoms with Crippen LogP contribution >= 0.6 is 0 Å². The van der Waals surface area contributed by atoms with Crippen LogP contribution in [-0.4, -0.2) is 51.2 Å². The molecule has 1 saturated carbocycles. The average Bonchev–Trinajstić information content (AvgIpc) is 3.55. The summed E-state index contributed by atoms with van der Waals surface area (Å²) in [6.45, 7) is 4.76. The SMILES string of the molecule is CCN(CCNC(=O)/C=C/c1cn(-c2ccccc2)nc1-c1cccnc1)C1CC1. The average molecular weight is 402 g/mol. The minimum atomic E-state index is -0.0913. The van der Waals surface area contributed by atoms with Crippen LogP contribution in [0.5, 0.6) is 0 Å². The zero-order valence-electron chi connectivity index (χ0n) is 17.2. The number of hydrogen-bond donors (Lipinski definition) is 1. The van der Waals surface area contributed by atoms with Crippen molar-refractivity contribution in [2.75, 3.05) is 19.6 Å². The van der Waals surface area contributed by atoms with E-state index in [4.69, 9.17) is 5.10 Å². The standard InChI is InChI=1S/C24H27N5O/c1-2-28(21-11-12-21)16-15-26-23(30)13-10-20-18-29(22-8-4-3-5-9-22)27-24(20)19-7-6-14-25-17-19/h3-10,13-14,17-18,21H,2,11-12,15-16H2,1H3,(H,26,30)/b13-10+. The number of aromatic nitrogens is 3. The highest BCUT2D eigenvalue weighted by Gasteiger charge is 2.27. The van der Waals surface area contributed by atoms with Gasteiger partial charge in [-0.25, -0.2) is 4.68 Å². The molecule has 154 valence electrons. The van der Waals surface area contributed by atoms with E-state index in [0.29, 0.717) is 12.6 Å². The maximum Gasteiger partial charge on any atom is 0.244 e. The molecule has 0 saturated heterocycles. The third-order valence-corrected chi connectivity index (χ3v) is 5.28. The second-order valence-corrected chi connectivity index (χ2v) is 7.44. The van der Waals surface area contributed by atoms with Gasteiger partial charge in [-0.15, -0.1) is 0 Å². The first kappa shape index (κ1) is 20.0. The van der Waals surface area contributed by atoms with Gasteiger partial charge in [0.25, 0.3) is 0 Å². The minimum Gasteiger partial charge on any atom is -0.351 e. The zero-order chi connectivity index (χ0) is 20.8. The molecule has 2 aromatic heterocycles. The summed E-state index contributed by atoms with van der Waals surface area (Å²) in [5, 5.41) is 7.73. The van der Waals surface area contributed by atoms with Crippen molar-refractivity contribution >= 4 is 12.0 Å². The van der Waals surface area contributed by atoms with E-state index < -0.39 is 0 Å². The number of benzene rings is 1. The fourth-order valence-corrected chi connectivity index (χ4v) is 3.54. The van der Waals surface area contributed by atoms with Gasteiger partial charge < -0.3 is 5.32 Å². The largest absolute Gasteiger partial charge is 0.351 e. The van der Waals surface area contributed by atoms with Gasteiger partial charge >= 0.3 is 0 Å². The molecule has 1 N–H and O–H groups in total. The molecule has 0 aliphatic heterocycles. The topological polar surface area (TPSA) is 63.1 Å². The van der Waals surface area contributed by atoms with Gasteiger partial charge in [-0.05, 0) is 49.7 Å². The molecule has 3 aromatic rings. The highest BCUT2D eigenvalue weighted by molar-refractivity contribution is 5.92. The molecule has 0 atom stereocenters. The Morgan fingerprint density at radius 3 is 2.77 bits per heavy atom. The Balaban J connectivity index is 1.48. The number of para-hydroxylation sites is 1. The molecule has 1 amide bonds. The third-order valence-electron chi connectivity index (χ3n) is 5.28. The Morgan fingerprint density at radius 2 is 2.07 bits per heavy atom. The summed E-state index contributed by atoms with van der Waals surface area (Å²) < 4.78 is 1.83. The lowest BCUT2D eigenvalue weighted by Gasteiger charge is -2.19. The van der Waals surface area contributed by atoms with Gasteiger partial charge in [0, 0.05) is 54.9 Å². The number of amides is 1. The Hall–Kier alpha value is -3.25. The molecule has 1 fully saturated rings. The normalized spacial score (nSPS) is 13.8. The van der Waals surface area contributed by atoms with Crippen molar-refractivity contribution in [1.29, 1.82) is 0 Å². The number of rotatable bonds is 9. The molecule has 6 heteroatoms. The van der Waals surface area contributed by atoms with Crippen LogP contribution < -0.4 is 5.32 Å². The summed E-state index contributed by atoms with van der Waals surface area (Å²) in [5.74, 6) is -0.0913. The summed E-state index contributed by atoms with van der Waals surface area (Å²) in [5.41, 5.74) is 3.54. The zero-order valence-corrected chi connectivity index (χ0v) is 17.2. The maximum atomic E-state index is 12.3. The molecule has 0 radical (unpaired) electrons. The monoisotopic (exact) mass is 401 g/mol. The lowest BCUT2D eigenvalue weighted by atomic mass is 10.1. The smallest absolute Gasteiger partial charge is 0.244 e. The fourth-order valence-electron chi connectivity index (χ4n) is 3.54. The van der Waals surface area contributed by atoms with Crippen LogP contribution in [0.2, 0.25) is 0 Å². The molecular weight excluding hydrogens is 374 g/mol. The number of carbonyl (C=O) groups excluding carboxylic acids is 1. The van der Waals surface area contributed by atoms with Crippen LogP contribution in [-0.2, 0) is 4.79 Å². The van der Waals surface area contributed by atoms with Crippen molar-refractivity contribution in [2.24, 2.45) is 0 Å².